The largest absolute Gasteiger partial charge is 0.507 e. The molecule has 2 N–H and O–H groups in total. The standard InChI is InChI=1S/C17H21N5O/c23-16-4-1-3-15-17(16)14(11-18-15)13-5-10-21(12-13)8-2-9-22-19-6-7-20-22/h1,3-4,6-7,11,13,18,23H,2,5,8-10,12H2. The van der Waals surface area contributed by atoms with E-state index in [-0.39, 0.29) is 0 Å². The molecule has 4 rings (SSSR count). The van der Waals surface area contributed by atoms with Gasteiger partial charge >= 0.3 is 0 Å². The maximum atomic E-state index is 10.2. The van der Waals surface area contributed by atoms with Crippen LogP contribution in [-0.2, 0) is 6.54 Å². The Morgan fingerprint density at radius 2 is 2.09 bits per heavy atom. The second kappa shape index (κ2) is 6.04. The summed E-state index contributed by atoms with van der Waals surface area (Å²) in [6.45, 7) is 4.08. The molecular formula is C17H21N5O. The molecule has 6 heteroatoms. The molecule has 1 unspecified atom stereocenters. The lowest BCUT2D eigenvalue weighted by Crippen LogP contribution is -2.23. The quantitative estimate of drug-likeness (QED) is 0.759. The summed E-state index contributed by atoms with van der Waals surface area (Å²) < 4.78 is 0. The van der Waals surface area contributed by atoms with Gasteiger partial charge in [0.15, 0.2) is 0 Å². The molecule has 1 aromatic carbocycles. The first-order valence-electron chi connectivity index (χ1n) is 8.16. The van der Waals surface area contributed by atoms with Crippen molar-refractivity contribution in [1.82, 2.24) is 24.9 Å². The zero-order valence-electron chi connectivity index (χ0n) is 13.0. The Kier molecular flexibility index (Phi) is 3.75. The fourth-order valence-corrected chi connectivity index (χ4v) is 3.60. The van der Waals surface area contributed by atoms with Crippen LogP contribution in [0.5, 0.6) is 5.75 Å². The summed E-state index contributed by atoms with van der Waals surface area (Å²) in [7, 11) is 0. The van der Waals surface area contributed by atoms with Gasteiger partial charge in [-0.05, 0) is 43.6 Å². The molecule has 1 saturated heterocycles. The van der Waals surface area contributed by atoms with Crippen molar-refractivity contribution in [1.29, 1.82) is 0 Å². The number of nitrogens with zero attached hydrogens (tertiary/aromatic N) is 4. The summed E-state index contributed by atoms with van der Waals surface area (Å²) >= 11 is 0. The Labute approximate surface area is 134 Å². The number of aromatic nitrogens is 4. The molecule has 0 radical (unpaired) electrons. The number of aryl methyl sites for hydroxylation is 1. The number of phenols is 1. The molecule has 3 aromatic rings. The molecule has 0 saturated carbocycles. The Hall–Kier alpha value is -2.34. The van der Waals surface area contributed by atoms with Crippen molar-refractivity contribution < 1.29 is 5.11 Å². The number of fused-ring (bicyclic) bond motifs is 1. The summed E-state index contributed by atoms with van der Waals surface area (Å²) in [4.78, 5) is 7.52. The third-order valence-corrected chi connectivity index (χ3v) is 4.73. The van der Waals surface area contributed by atoms with Gasteiger partial charge in [-0.3, -0.25) is 0 Å². The highest BCUT2D eigenvalue weighted by molar-refractivity contribution is 5.89. The van der Waals surface area contributed by atoms with Gasteiger partial charge in [0, 0.05) is 29.6 Å². The number of aromatic hydroxyl groups is 1. The molecule has 1 aliphatic heterocycles. The number of rotatable bonds is 5. The smallest absolute Gasteiger partial charge is 0.125 e. The van der Waals surface area contributed by atoms with E-state index in [1.54, 1.807) is 23.3 Å². The molecule has 120 valence electrons. The van der Waals surface area contributed by atoms with E-state index >= 15 is 0 Å². The zero-order valence-corrected chi connectivity index (χ0v) is 13.0. The van der Waals surface area contributed by atoms with Crippen molar-refractivity contribution in [2.24, 2.45) is 0 Å². The maximum Gasteiger partial charge on any atom is 0.125 e. The van der Waals surface area contributed by atoms with E-state index in [9.17, 15) is 5.11 Å². The van der Waals surface area contributed by atoms with Crippen LogP contribution in [0, 0.1) is 0 Å². The second-order valence-electron chi connectivity index (χ2n) is 6.21. The van der Waals surface area contributed by atoms with Crippen molar-refractivity contribution in [3.05, 3.63) is 42.4 Å². The first kappa shape index (κ1) is 14.3. The van der Waals surface area contributed by atoms with Gasteiger partial charge in [-0.15, -0.1) is 0 Å². The van der Waals surface area contributed by atoms with Gasteiger partial charge in [0.05, 0.1) is 18.9 Å². The average molecular weight is 311 g/mol. The van der Waals surface area contributed by atoms with Crippen LogP contribution in [0.15, 0.2) is 36.8 Å². The number of hydrogen-bond acceptors (Lipinski definition) is 4. The third-order valence-electron chi connectivity index (χ3n) is 4.73. The molecule has 0 aliphatic carbocycles. The molecule has 1 fully saturated rings. The van der Waals surface area contributed by atoms with E-state index in [1.807, 2.05) is 12.1 Å². The Morgan fingerprint density at radius 3 is 2.96 bits per heavy atom. The van der Waals surface area contributed by atoms with Crippen molar-refractivity contribution in [2.75, 3.05) is 19.6 Å². The van der Waals surface area contributed by atoms with Crippen molar-refractivity contribution in [3.63, 3.8) is 0 Å². The number of H-pyrrole nitrogens is 1. The molecule has 2 aromatic heterocycles. The van der Waals surface area contributed by atoms with E-state index < -0.39 is 0 Å². The number of aromatic amines is 1. The average Bonchev–Trinajstić information content (AvgIpc) is 3.27. The predicted octanol–water partition coefficient (Wildman–Crippen LogP) is 2.34. The van der Waals surface area contributed by atoms with Crippen LogP contribution in [0.4, 0.5) is 0 Å². The van der Waals surface area contributed by atoms with Crippen LogP contribution < -0.4 is 0 Å². The normalized spacial score (nSPS) is 18.9. The van der Waals surface area contributed by atoms with Gasteiger partial charge in [-0.25, -0.2) is 0 Å². The van der Waals surface area contributed by atoms with Gasteiger partial charge in [-0.2, -0.15) is 15.0 Å². The summed E-state index contributed by atoms with van der Waals surface area (Å²) in [5.74, 6) is 0.863. The van der Waals surface area contributed by atoms with E-state index in [0.717, 1.165) is 49.9 Å². The highest BCUT2D eigenvalue weighted by Crippen LogP contribution is 2.36. The number of benzene rings is 1. The summed E-state index contributed by atoms with van der Waals surface area (Å²) in [6.07, 6.45) is 7.69. The monoisotopic (exact) mass is 311 g/mol. The first-order chi connectivity index (χ1) is 11.3. The molecule has 0 spiro atoms. The molecule has 3 heterocycles. The number of phenolic OH excluding ortho intramolecular Hbond substituents is 1. The molecule has 23 heavy (non-hydrogen) atoms. The van der Waals surface area contributed by atoms with Crippen LogP contribution in [-0.4, -0.2) is 49.6 Å². The van der Waals surface area contributed by atoms with Crippen molar-refractivity contribution in [3.8, 4) is 5.75 Å². The minimum absolute atomic E-state index is 0.377. The van der Waals surface area contributed by atoms with Crippen LogP contribution in [0.3, 0.4) is 0 Å². The second-order valence-corrected chi connectivity index (χ2v) is 6.21. The van der Waals surface area contributed by atoms with Crippen LogP contribution in [0.2, 0.25) is 0 Å². The van der Waals surface area contributed by atoms with Gasteiger partial charge in [0.25, 0.3) is 0 Å². The molecule has 0 amide bonds. The molecular weight excluding hydrogens is 290 g/mol. The minimum atomic E-state index is 0.377. The number of hydrogen-bond donors (Lipinski definition) is 2. The van der Waals surface area contributed by atoms with E-state index in [2.05, 4.69) is 26.3 Å². The summed E-state index contributed by atoms with van der Waals surface area (Å²) in [5.41, 5.74) is 2.26. The Morgan fingerprint density at radius 1 is 1.22 bits per heavy atom. The Balaban J connectivity index is 1.39. The van der Waals surface area contributed by atoms with Crippen molar-refractivity contribution in [2.45, 2.75) is 25.3 Å². The van der Waals surface area contributed by atoms with Gasteiger partial charge in [-0.1, -0.05) is 6.07 Å². The highest BCUT2D eigenvalue weighted by atomic mass is 16.3. The van der Waals surface area contributed by atoms with Crippen LogP contribution >= 0.6 is 0 Å². The number of likely N-dealkylation sites (tertiary alicyclic amines) is 1. The molecule has 1 aliphatic rings. The lowest BCUT2D eigenvalue weighted by Gasteiger charge is -2.15. The first-order valence-corrected chi connectivity index (χ1v) is 8.16. The van der Waals surface area contributed by atoms with Crippen LogP contribution in [0.25, 0.3) is 10.9 Å². The van der Waals surface area contributed by atoms with E-state index in [0.29, 0.717) is 11.7 Å². The topological polar surface area (TPSA) is 70.0 Å². The van der Waals surface area contributed by atoms with E-state index in [1.165, 1.54) is 5.56 Å². The predicted molar refractivity (Wildman–Crippen MR) is 88.4 cm³/mol. The lowest BCUT2D eigenvalue weighted by atomic mass is 9.97. The van der Waals surface area contributed by atoms with E-state index in [4.69, 9.17) is 0 Å². The molecule has 0 bridgehead atoms. The van der Waals surface area contributed by atoms with Gasteiger partial charge in [0.1, 0.15) is 5.75 Å². The maximum absolute atomic E-state index is 10.2. The Bertz CT molecular complexity index is 779. The lowest BCUT2D eigenvalue weighted by molar-refractivity contribution is 0.314. The van der Waals surface area contributed by atoms with Gasteiger partial charge in [0.2, 0.25) is 0 Å². The summed E-state index contributed by atoms with van der Waals surface area (Å²) in [6, 6.07) is 5.66. The SMILES string of the molecule is Oc1cccc2[nH]cc(C3CCN(CCCn4nccn4)C3)c12. The van der Waals surface area contributed by atoms with Crippen LogP contribution in [0.1, 0.15) is 24.3 Å². The fraction of sp³-hybridized carbons (Fsp3) is 0.412. The van der Waals surface area contributed by atoms with Gasteiger partial charge < -0.3 is 15.0 Å². The molecule has 6 nitrogen and oxygen atoms in total. The fourth-order valence-electron chi connectivity index (χ4n) is 3.60. The minimum Gasteiger partial charge on any atom is -0.507 e. The molecule has 1 atom stereocenters. The highest BCUT2D eigenvalue weighted by Gasteiger charge is 2.26. The zero-order chi connectivity index (χ0) is 15.6. The number of nitrogens with one attached hydrogen (secondary N) is 1. The third kappa shape index (κ3) is 2.82. The summed E-state index contributed by atoms with van der Waals surface area (Å²) in [5, 5.41) is 19.4. The van der Waals surface area contributed by atoms with Crippen molar-refractivity contribution >= 4 is 10.9 Å².